The first-order valence-corrected chi connectivity index (χ1v) is 10.4. The lowest BCUT2D eigenvalue weighted by atomic mass is 10.1. The van der Waals surface area contributed by atoms with Gasteiger partial charge in [-0.3, -0.25) is 14.7 Å². The topological polar surface area (TPSA) is 46.1 Å². The number of carbonyl (C=O) groups is 1. The molecule has 0 spiro atoms. The molecule has 4 nitrogen and oxygen atoms in total. The SMILES string of the molecule is Cc1cccc(CC(=O)N(Cc2cccnc2)c2nc3c(C)ccc(C)c3s2)c1. The maximum absolute atomic E-state index is 13.3. The number of aryl methyl sites for hydroxylation is 3. The minimum Gasteiger partial charge on any atom is -0.283 e. The Morgan fingerprint density at radius 2 is 1.79 bits per heavy atom. The molecule has 5 heteroatoms. The van der Waals surface area contributed by atoms with E-state index in [1.165, 1.54) is 5.56 Å². The minimum absolute atomic E-state index is 0.0359. The second kappa shape index (κ2) is 8.13. The Kier molecular flexibility index (Phi) is 5.41. The van der Waals surface area contributed by atoms with Gasteiger partial charge < -0.3 is 0 Å². The van der Waals surface area contributed by atoms with E-state index < -0.39 is 0 Å². The Labute approximate surface area is 174 Å². The summed E-state index contributed by atoms with van der Waals surface area (Å²) in [5, 5.41) is 0.735. The number of carbonyl (C=O) groups excluding carboxylic acids is 1. The van der Waals surface area contributed by atoms with Crippen LogP contribution in [0.2, 0.25) is 0 Å². The Hall–Kier alpha value is -3.05. The average molecular weight is 402 g/mol. The molecular formula is C24H23N3OS. The molecule has 0 saturated heterocycles. The third kappa shape index (κ3) is 4.20. The van der Waals surface area contributed by atoms with Gasteiger partial charge in [-0.15, -0.1) is 0 Å². The van der Waals surface area contributed by atoms with Crippen molar-refractivity contribution in [2.45, 2.75) is 33.7 Å². The van der Waals surface area contributed by atoms with Gasteiger partial charge in [-0.1, -0.05) is 59.4 Å². The second-order valence-electron chi connectivity index (χ2n) is 7.38. The van der Waals surface area contributed by atoms with Gasteiger partial charge in [0.15, 0.2) is 5.13 Å². The zero-order valence-corrected chi connectivity index (χ0v) is 17.7. The van der Waals surface area contributed by atoms with Crippen molar-refractivity contribution in [3.63, 3.8) is 0 Å². The van der Waals surface area contributed by atoms with Crippen LogP contribution in [0.15, 0.2) is 60.9 Å². The van der Waals surface area contributed by atoms with E-state index in [9.17, 15) is 4.79 Å². The second-order valence-corrected chi connectivity index (χ2v) is 8.36. The quantitative estimate of drug-likeness (QED) is 0.450. The minimum atomic E-state index is 0.0359. The third-order valence-corrected chi connectivity index (χ3v) is 6.18. The molecule has 0 aliphatic rings. The fourth-order valence-electron chi connectivity index (χ4n) is 3.39. The highest BCUT2D eigenvalue weighted by molar-refractivity contribution is 7.22. The number of amides is 1. The third-order valence-electron chi connectivity index (χ3n) is 4.96. The molecule has 0 radical (unpaired) electrons. The lowest BCUT2D eigenvalue weighted by molar-refractivity contribution is -0.118. The van der Waals surface area contributed by atoms with Gasteiger partial charge >= 0.3 is 0 Å². The average Bonchev–Trinajstić information content (AvgIpc) is 3.16. The lowest BCUT2D eigenvalue weighted by Crippen LogP contribution is -2.31. The molecule has 0 unspecified atom stereocenters. The van der Waals surface area contributed by atoms with Crippen molar-refractivity contribution in [1.29, 1.82) is 0 Å². The van der Waals surface area contributed by atoms with Gasteiger partial charge in [0.25, 0.3) is 0 Å². The summed E-state index contributed by atoms with van der Waals surface area (Å²) >= 11 is 1.58. The number of aromatic nitrogens is 2. The van der Waals surface area contributed by atoms with E-state index in [-0.39, 0.29) is 5.91 Å². The van der Waals surface area contributed by atoms with Crippen molar-refractivity contribution in [2.75, 3.05) is 4.90 Å². The van der Waals surface area contributed by atoms with E-state index in [0.717, 1.165) is 37.6 Å². The molecule has 2 heterocycles. The van der Waals surface area contributed by atoms with Gasteiger partial charge in [0, 0.05) is 12.4 Å². The lowest BCUT2D eigenvalue weighted by Gasteiger charge is -2.20. The smallest absolute Gasteiger partial charge is 0.233 e. The fraction of sp³-hybridized carbons (Fsp3) is 0.208. The molecule has 2 aromatic carbocycles. The van der Waals surface area contributed by atoms with Gasteiger partial charge in [-0.05, 0) is 49.1 Å². The molecular weight excluding hydrogens is 378 g/mol. The van der Waals surface area contributed by atoms with Crippen LogP contribution in [-0.2, 0) is 17.8 Å². The number of thiazole rings is 1. The Bertz CT molecular complexity index is 1130. The summed E-state index contributed by atoms with van der Waals surface area (Å²) in [6.07, 6.45) is 3.89. The van der Waals surface area contributed by atoms with E-state index in [1.807, 2.05) is 37.3 Å². The maximum atomic E-state index is 13.3. The number of hydrogen-bond acceptors (Lipinski definition) is 4. The van der Waals surface area contributed by atoms with Crippen LogP contribution >= 0.6 is 11.3 Å². The first-order valence-electron chi connectivity index (χ1n) is 9.63. The molecule has 29 heavy (non-hydrogen) atoms. The van der Waals surface area contributed by atoms with Crippen molar-refractivity contribution in [2.24, 2.45) is 0 Å². The van der Waals surface area contributed by atoms with E-state index in [1.54, 1.807) is 28.6 Å². The predicted octanol–water partition coefficient (Wildman–Crippen LogP) is 5.39. The maximum Gasteiger partial charge on any atom is 0.233 e. The number of nitrogens with zero attached hydrogens (tertiary/aromatic N) is 3. The molecule has 0 atom stereocenters. The summed E-state index contributed by atoms with van der Waals surface area (Å²) in [4.78, 5) is 24.2. The number of benzene rings is 2. The number of hydrogen-bond donors (Lipinski definition) is 0. The zero-order chi connectivity index (χ0) is 20.4. The van der Waals surface area contributed by atoms with Crippen LogP contribution in [0.1, 0.15) is 27.8 Å². The highest BCUT2D eigenvalue weighted by atomic mass is 32.1. The normalized spacial score (nSPS) is 11.0. The summed E-state index contributed by atoms with van der Waals surface area (Å²) in [6.45, 7) is 6.64. The fourth-order valence-corrected chi connectivity index (χ4v) is 4.52. The molecule has 4 aromatic rings. The summed E-state index contributed by atoms with van der Waals surface area (Å²) < 4.78 is 1.14. The number of fused-ring (bicyclic) bond motifs is 1. The van der Waals surface area contributed by atoms with Crippen molar-refractivity contribution in [3.8, 4) is 0 Å². The standard InChI is InChI=1S/C24H23N3OS/c1-16-6-4-7-19(12-16)13-21(28)27(15-20-8-5-11-25-14-20)24-26-22-17(2)9-10-18(3)23(22)29-24/h4-12,14H,13,15H2,1-3H3. The van der Waals surface area contributed by atoms with Gasteiger partial charge in [0.05, 0.1) is 23.2 Å². The molecule has 2 aromatic heterocycles. The Morgan fingerprint density at radius 3 is 2.52 bits per heavy atom. The van der Waals surface area contributed by atoms with Crippen LogP contribution < -0.4 is 4.90 Å². The number of rotatable bonds is 5. The highest BCUT2D eigenvalue weighted by Gasteiger charge is 2.21. The van der Waals surface area contributed by atoms with Crippen LogP contribution in [0.25, 0.3) is 10.2 Å². The van der Waals surface area contributed by atoms with Crippen molar-refractivity contribution in [1.82, 2.24) is 9.97 Å². The van der Waals surface area contributed by atoms with Gasteiger partial charge in [-0.25, -0.2) is 4.98 Å². The van der Waals surface area contributed by atoms with Crippen LogP contribution in [0, 0.1) is 20.8 Å². The summed E-state index contributed by atoms with van der Waals surface area (Å²) in [5.41, 5.74) is 6.43. The molecule has 0 bridgehead atoms. The molecule has 0 saturated carbocycles. The highest BCUT2D eigenvalue weighted by Crippen LogP contribution is 2.34. The molecule has 1 amide bonds. The Morgan fingerprint density at radius 1 is 1.00 bits per heavy atom. The molecule has 0 aliphatic carbocycles. The Balaban J connectivity index is 1.73. The van der Waals surface area contributed by atoms with Gasteiger partial charge in [-0.2, -0.15) is 0 Å². The van der Waals surface area contributed by atoms with Gasteiger partial charge in [0.2, 0.25) is 5.91 Å². The number of pyridine rings is 1. The van der Waals surface area contributed by atoms with Gasteiger partial charge in [0.1, 0.15) is 0 Å². The molecule has 146 valence electrons. The monoisotopic (exact) mass is 401 g/mol. The van der Waals surface area contributed by atoms with Crippen molar-refractivity contribution >= 4 is 32.6 Å². The van der Waals surface area contributed by atoms with Crippen LogP contribution in [0.3, 0.4) is 0 Å². The first-order chi connectivity index (χ1) is 14.0. The first kappa shape index (κ1) is 19.3. The van der Waals surface area contributed by atoms with Crippen molar-refractivity contribution < 1.29 is 4.79 Å². The van der Waals surface area contributed by atoms with Crippen LogP contribution in [-0.4, -0.2) is 15.9 Å². The molecule has 0 aliphatic heterocycles. The molecule has 0 fully saturated rings. The zero-order valence-electron chi connectivity index (χ0n) is 16.8. The number of anilines is 1. The van der Waals surface area contributed by atoms with E-state index in [2.05, 4.69) is 37.0 Å². The van der Waals surface area contributed by atoms with E-state index in [0.29, 0.717) is 13.0 Å². The molecule has 4 rings (SSSR count). The summed E-state index contributed by atoms with van der Waals surface area (Å²) in [5.74, 6) is 0.0359. The summed E-state index contributed by atoms with van der Waals surface area (Å²) in [6, 6.07) is 16.2. The van der Waals surface area contributed by atoms with E-state index >= 15 is 0 Å². The van der Waals surface area contributed by atoms with Crippen molar-refractivity contribution in [3.05, 3.63) is 88.7 Å². The molecule has 0 N–H and O–H groups in total. The van der Waals surface area contributed by atoms with E-state index in [4.69, 9.17) is 4.98 Å². The largest absolute Gasteiger partial charge is 0.283 e. The van der Waals surface area contributed by atoms with Crippen LogP contribution in [0.4, 0.5) is 5.13 Å². The van der Waals surface area contributed by atoms with Crippen LogP contribution in [0.5, 0.6) is 0 Å². The predicted molar refractivity (Wildman–Crippen MR) is 119 cm³/mol. The summed E-state index contributed by atoms with van der Waals surface area (Å²) in [7, 11) is 0.